The Kier molecular flexibility index (Phi) is 6.31. The molecule has 3 amide bonds. The molecule has 0 unspecified atom stereocenters. The maximum atomic E-state index is 12.3. The quantitative estimate of drug-likeness (QED) is 0.783. The van der Waals surface area contributed by atoms with Gasteiger partial charge >= 0.3 is 0 Å². The fourth-order valence-corrected chi connectivity index (χ4v) is 3.26. The monoisotopic (exact) mass is 399 g/mol. The standard InChI is InChI=1S/C21H22ClN3O3/c1-14(24-21(28)17-5-2-3-6-18(17)22)20(27)23-13-15-8-10-16(11-9-15)25-12-4-7-19(25)26/h2-3,5-6,8-11,14H,4,7,12-13H2,1H3,(H,23,27)(H,24,28)/t14-/m0/s1. The zero-order chi connectivity index (χ0) is 20.1. The number of hydrogen-bond donors (Lipinski definition) is 2. The summed E-state index contributed by atoms with van der Waals surface area (Å²) < 4.78 is 0. The highest BCUT2D eigenvalue weighted by Crippen LogP contribution is 2.21. The van der Waals surface area contributed by atoms with Crippen LogP contribution < -0.4 is 15.5 Å². The van der Waals surface area contributed by atoms with Gasteiger partial charge in [0.2, 0.25) is 11.8 Å². The lowest BCUT2D eigenvalue weighted by atomic mass is 10.1. The van der Waals surface area contributed by atoms with Crippen LogP contribution in [0.2, 0.25) is 5.02 Å². The van der Waals surface area contributed by atoms with E-state index in [-0.39, 0.29) is 11.8 Å². The minimum atomic E-state index is -0.703. The number of nitrogens with one attached hydrogen (secondary N) is 2. The molecule has 2 aromatic rings. The molecule has 28 heavy (non-hydrogen) atoms. The van der Waals surface area contributed by atoms with E-state index in [2.05, 4.69) is 10.6 Å². The van der Waals surface area contributed by atoms with Crippen LogP contribution in [0.25, 0.3) is 0 Å². The molecule has 0 spiro atoms. The number of carbonyl (C=O) groups is 3. The van der Waals surface area contributed by atoms with Crippen molar-refractivity contribution in [2.75, 3.05) is 11.4 Å². The fraction of sp³-hybridized carbons (Fsp3) is 0.286. The van der Waals surface area contributed by atoms with Crippen molar-refractivity contribution in [3.8, 4) is 0 Å². The van der Waals surface area contributed by atoms with Crippen LogP contribution in [0.3, 0.4) is 0 Å². The average Bonchev–Trinajstić information content (AvgIpc) is 3.12. The molecule has 2 aromatic carbocycles. The maximum absolute atomic E-state index is 12.3. The molecular formula is C21H22ClN3O3. The molecule has 1 heterocycles. The summed E-state index contributed by atoms with van der Waals surface area (Å²) in [5.41, 5.74) is 2.11. The normalized spacial score (nSPS) is 14.6. The average molecular weight is 400 g/mol. The van der Waals surface area contributed by atoms with E-state index in [9.17, 15) is 14.4 Å². The molecule has 6 nitrogen and oxygen atoms in total. The van der Waals surface area contributed by atoms with Crippen molar-refractivity contribution in [1.82, 2.24) is 10.6 Å². The van der Waals surface area contributed by atoms with E-state index < -0.39 is 11.9 Å². The van der Waals surface area contributed by atoms with E-state index in [0.717, 1.165) is 24.2 Å². The summed E-state index contributed by atoms with van der Waals surface area (Å²) in [4.78, 5) is 38.1. The van der Waals surface area contributed by atoms with Gasteiger partial charge < -0.3 is 15.5 Å². The zero-order valence-corrected chi connectivity index (χ0v) is 16.3. The number of benzene rings is 2. The van der Waals surface area contributed by atoms with E-state index in [1.165, 1.54) is 0 Å². The molecule has 146 valence electrons. The lowest BCUT2D eigenvalue weighted by Crippen LogP contribution is -2.44. The highest BCUT2D eigenvalue weighted by atomic mass is 35.5. The summed E-state index contributed by atoms with van der Waals surface area (Å²) in [6.45, 7) is 2.70. The molecule has 7 heteroatoms. The number of anilines is 1. The van der Waals surface area contributed by atoms with Crippen LogP contribution in [0.1, 0.15) is 35.7 Å². The molecule has 0 aromatic heterocycles. The Morgan fingerprint density at radius 3 is 2.50 bits per heavy atom. The Labute approximate surface area is 168 Å². The number of halogens is 1. The molecule has 0 bridgehead atoms. The second-order valence-electron chi connectivity index (χ2n) is 6.71. The van der Waals surface area contributed by atoms with Crippen LogP contribution in [0.15, 0.2) is 48.5 Å². The first-order chi connectivity index (χ1) is 13.5. The SMILES string of the molecule is C[C@H](NC(=O)c1ccccc1Cl)C(=O)NCc1ccc(N2CCCC2=O)cc1. The highest BCUT2D eigenvalue weighted by molar-refractivity contribution is 6.33. The van der Waals surface area contributed by atoms with Gasteiger partial charge in [0, 0.05) is 25.2 Å². The van der Waals surface area contributed by atoms with Gasteiger partial charge in [0.15, 0.2) is 0 Å². The molecule has 2 N–H and O–H groups in total. The summed E-state index contributed by atoms with van der Waals surface area (Å²) in [6.07, 6.45) is 1.48. The Morgan fingerprint density at radius 1 is 1.14 bits per heavy atom. The predicted molar refractivity (Wildman–Crippen MR) is 108 cm³/mol. The number of nitrogens with zero attached hydrogens (tertiary/aromatic N) is 1. The second-order valence-corrected chi connectivity index (χ2v) is 7.12. The van der Waals surface area contributed by atoms with Gasteiger partial charge in [-0.3, -0.25) is 14.4 Å². The summed E-state index contributed by atoms with van der Waals surface area (Å²) >= 11 is 6.01. The van der Waals surface area contributed by atoms with E-state index >= 15 is 0 Å². The topological polar surface area (TPSA) is 78.5 Å². The van der Waals surface area contributed by atoms with Crippen molar-refractivity contribution in [2.24, 2.45) is 0 Å². The number of carbonyl (C=O) groups excluding carboxylic acids is 3. The lowest BCUT2D eigenvalue weighted by molar-refractivity contribution is -0.122. The van der Waals surface area contributed by atoms with Crippen LogP contribution >= 0.6 is 11.6 Å². The molecule has 1 fully saturated rings. The molecule has 0 saturated carbocycles. The Hall–Kier alpha value is -2.86. The van der Waals surface area contributed by atoms with Crippen molar-refractivity contribution in [3.63, 3.8) is 0 Å². The summed E-state index contributed by atoms with van der Waals surface area (Å²) in [5, 5.41) is 5.78. The Bertz CT molecular complexity index is 883. The van der Waals surface area contributed by atoms with Gasteiger partial charge in [-0.05, 0) is 43.2 Å². The Balaban J connectivity index is 1.51. The van der Waals surface area contributed by atoms with Crippen LogP contribution in [-0.4, -0.2) is 30.3 Å². The van der Waals surface area contributed by atoms with Gasteiger partial charge in [-0.1, -0.05) is 35.9 Å². The number of rotatable bonds is 6. The maximum Gasteiger partial charge on any atom is 0.253 e. The van der Waals surface area contributed by atoms with Crippen molar-refractivity contribution in [2.45, 2.75) is 32.4 Å². The number of amides is 3. The van der Waals surface area contributed by atoms with Gasteiger partial charge in [0.1, 0.15) is 6.04 Å². The summed E-state index contributed by atoms with van der Waals surface area (Å²) in [6, 6.07) is 13.5. The van der Waals surface area contributed by atoms with Gasteiger partial charge in [-0.2, -0.15) is 0 Å². The van der Waals surface area contributed by atoms with Crippen molar-refractivity contribution in [3.05, 3.63) is 64.7 Å². The van der Waals surface area contributed by atoms with Gasteiger partial charge in [0.25, 0.3) is 5.91 Å². The second kappa shape index (κ2) is 8.89. The highest BCUT2D eigenvalue weighted by Gasteiger charge is 2.21. The third-order valence-electron chi connectivity index (χ3n) is 4.65. The molecule has 0 radical (unpaired) electrons. The lowest BCUT2D eigenvalue weighted by Gasteiger charge is -2.17. The van der Waals surface area contributed by atoms with Gasteiger partial charge in [-0.25, -0.2) is 0 Å². The minimum absolute atomic E-state index is 0.143. The summed E-state index contributed by atoms with van der Waals surface area (Å²) in [5.74, 6) is -0.545. The smallest absolute Gasteiger partial charge is 0.253 e. The zero-order valence-electron chi connectivity index (χ0n) is 15.6. The first-order valence-corrected chi connectivity index (χ1v) is 9.56. The van der Waals surface area contributed by atoms with Gasteiger partial charge in [-0.15, -0.1) is 0 Å². The molecule has 3 rings (SSSR count). The fourth-order valence-electron chi connectivity index (χ4n) is 3.04. The Morgan fingerprint density at radius 2 is 1.86 bits per heavy atom. The van der Waals surface area contributed by atoms with E-state index in [0.29, 0.717) is 23.6 Å². The molecule has 1 saturated heterocycles. The predicted octanol–water partition coefficient (Wildman–Crippen LogP) is 2.90. The van der Waals surface area contributed by atoms with Crippen molar-refractivity contribution >= 4 is 35.0 Å². The molecule has 1 atom stereocenters. The minimum Gasteiger partial charge on any atom is -0.350 e. The first kappa shape index (κ1) is 19.9. The van der Waals surface area contributed by atoms with Crippen LogP contribution in [-0.2, 0) is 16.1 Å². The van der Waals surface area contributed by atoms with E-state index in [1.54, 1.807) is 36.1 Å². The molecule has 0 aliphatic carbocycles. The first-order valence-electron chi connectivity index (χ1n) is 9.18. The van der Waals surface area contributed by atoms with Crippen LogP contribution in [0, 0.1) is 0 Å². The van der Waals surface area contributed by atoms with Crippen molar-refractivity contribution in [1.29, 1.82) is 0 Å². The van der Waals surface area contributed by atoms with Crippen molar-refractivity contribution < 1.29 is 14.4 Å². The molecule has 1 aliphatic heterocycles. The van der Waals surface area contributed by atoms with Crippen LogP contribution in [0.5, 0.6) is 0 Å². The van der Waals surface area contributed by atoms with Gasteiger partial charge in [0.05, 0.1) is 10.6 Å². The third-order valence-corrected chi connectivity index (χ3v) is 4.98. The number of hydrogen-bond acceptors (Lipinski definition) is 3. The van der Waals surface area contributed by atoms with E-state index in [4.69, 9.17) is 11.6 Å². The molecule has 1 aliphatic rings. The third kappa shape index (κ3) is 4.70. The largest absolute Gasteiger partial charge is 0.350 e. The van der Waals surface area contributed by atoms with E-state index in [1.807, 2.05) is 24.3 Å². The summed E-state index contributed by atoms with van der Waals surface area (Å²) in [7, 11) is 0. The van der Waals surface area contributed by atoms with Crippen LogP contribution in [0.4, 0.5) is 5.69 Å². The molecular weight excluding hydrogens is 378 g/mol.